The van der Waals surface area contributed by atoms with Crippen molar-refractivity contribution in [1.29, 1.82) is 0 Å². The van der Waals surface area contributed by atoms with Gasteiger partial charge in [-0.25, -0.2) is 0 Å². The molecule has 0 unspecified atom stereocenters. The summed E-state index contributed by atoms with van der Waals surface area (Å²) in [7, 11) is 0. The molecule has 162 valence electrons. The molecule has 1 fully saturated rings. The van der Waals surface area contributed by atoms with Crippen LogP contribution in [-0.2, 0) is 22.4 Å². The van der Waals surface area contributed by atoms with Crippen LogP contribution in [0.2, 0.25) is 0 Å². The van der Waals surface area contributed by atoms with Crippen molar-refractivity contribution in [3.63, 3.8) is 0 Å². The second-order valence-electron chi connectivity index (χ2n) is 7.99. The van der Waals surface area contributed by atoms with E-state index in [1.165, 1.54) is 14.7 Å². The molecule has 2 heterocycles. The van der Waals surface area contributed by atoms with Crippen LogP contribution >= 0.6 is 11.3 Å². The quantitative estimate of drug-likeness (QED) is 0.444. The number of carbonyl (C=O) groups is 2. The first-order valence-electron chi connectivity index (χ1n) is 10.9. The maximum Gasteiger partial charge on any atom is 0.279 e. The van der Waals surface area contributed by atoms with E-state index in [0.29, 0.717) is 13.1 Å². The molecule has 0 spiro atoms. The lowest BCUT2D eigenvalue weighted by Gasteiger charge is -2.32. The first-order valence-corrected chi connectivity index (χ1v) is 11.8. The van der Waals surface area contributed by atoms with Gasteiger partial charge in [-0.15, -0.1) is 11.3 Å². The first kappa shape index (κ1) is 22.5. The Morgan fingerprint density at radius 3 is 2.57 bits per heavy atom. The van der Waals surface area contributed by atoms with Crippen LogP contribution in [0.1, 0.15) is 24.3 Å². The van der Waals surface area contributed by atoms with Crippen molar-refractivity contribution in [1.82, 2.24) is 5.32 Å². The topological polar surface area (TPSA) is 67.1 Å². The molecule has 1 aliphatic rings. The van der Waals surface area contributed by atoms with Crippen LogP contribution in [0, 0.1) is 0 Å². The van der Waals surface area contributed by atoms with Gasteiger partial charge in [0.05, 0.1) is 0 Å². The van der Waals surface area contributed by atoms with Gasteiger partial charge in [0.25, 0.3) is 11.8 Å². The molecule has 1 saturated heterocycles. The minimum atomic E-state index is -0.0554. The summed E-state index contributed by atoms with van der Waals surface area (Å²) < 4.78 is 0. The molecule has 0 saturated carbocycles. The van der Waals surface area contributed by atoms with Gasteiger partial charge >= 0.3 is 0 Å². The van der Waals surface area contributed by atoms with Crippen molar-refractivity contribution in [2.75, 3.05) is 44.6 Å². The second kappa shape index (κ2) is 11.2. The molecular formula is C23H34N4O2S+2. The summed E-state index contributed by atoms with van der Waals surface area (Å²) in [5.74, 6) is 0.188. The molecule has 1 atom stereocenters. The molecule has 0 aliphatic carbocycles. The number of para-hydroxylation sites is 1. The van der Waals surface area contributed by atoms with Crippen molar-refractivity contribution < 1.29 is 19.4 Å². The Labute approximate surface area is 183 Å². The number of quaternary nitrogens is 2. The van der Waals surface area contributed by atoms with Crippen LogP contribution in [-0.4, -0.2) is 57.1 Å². The Morgan fingerprint density at radius 2 is 1.87 bits per heavy atom. The van der Waals surface area contributed by atoms with Crippen molar-refractivity contribution in [3.8, 4) is 0 Å². The third-order valence-corrected chi connectivity index (χ3v) is 6.87. The fourth-order valence-electron chi connectivity index (χ4n) is 4.01. The number of piperazine rings is 1. The lowest BCUT2D eigenvalue weighted by molar-refractivity contribution is -1.01. The second-order valence-corrected chi connectivity index (χ2v) is 9.02. The van der Waals surface area contributed by atoms with Gasteiger partial charge in [-0.1, -0.05) is 31.2 Å². The fourth-order valence-corrected chi connectivity index (χ4v) is 4.72. The van der Waals surface area contributed by atoms with Crippen LogP contribution in [0.15, 0.2) is 41.8 Å². The lowest BCUT2D eigenvalue weighted by atomic mass is 10.1. The Bertz CT molecular complexity index is 816. The van der Waals surface area contributed by atoms with Gasteiger partial charge in [-0.2, -0.15) is 0 Å². The zero-order valence-corrected chi connectivity index (χ0v) is 18.8. The van der Waals surface area contributed by atoms with E-state index in [-0.39, 0.29) is 17.9 Å². The smallest absolute Gasteiger partial charge is 0.279 e. The van der Waals surface area contributed by atoms with Gasteiger partial charge in [0.2, 0.25) is 0 Å². The van der Waals surface area contributed by atoms with Crippen molar-refractivity contribution >= 4 is 28.8 Å². The average molecular weight is 431 g/mol. The molecule has 1 aliphatic heterocycles. The third-order valence-electron chi connectivity index (χ3n) is 5.94. The van der Waals surface area contributed by atoms with Crippen LogP contribution in [0.4, 0.5) is 5.69 Å². The van der Waals surface area contributed by atoms with Crippen LogP contribution in [0.5, 0.6) is 0 Å². The predicted molar refractivity (Wildman–Crippen MR) is 121 cm³/mol. The van der Waals surface area contributed by atoms with Gasteiger partial charge in [-0.3, -0.25) is 9.59 Å². The number of aryl methyl sites for hydroxylation is 1. The molecule has 0 radical (unpaired) electrons. The number of carbonyl (C=O) groups excluding carboxylic acids is 2. The van der Waals surface area contributed by atoms with Gasteiger partial charge < -0.3 is 20.4 Å². The molecule has 0 bridgehead atoms. The minimum Gasteiger partial charge on any atom is -0.351 e. The highest BCUT2D eigenvalue weighted by molar-refractivity contribution is 7.09. The van der Waals surface area contributed by atoms with E-state index in [1.54, 1.807) is 11.3 Å². The lowest BCUT2D eigenvalue weighted by Crippen LogP contribution is -3.30. The van der Waals surface area contributed by atoms with E-state index in [0.717, 1.165) is 50.3 Å². The summed E-state index contributed by atoms with van der Waals surface area (Å²) in [4.78, 5) is 28.9. The molecule has 30 heavy (non-hydrogen) atoms. The molecule has 2 aromatic rings. The highest BCUT2D eigenvalue weighted by Gasteiger charge is 2.31. The molecule has 3 rings (SSSR count). The summed E-state index contributed by atoms with van der Waals surface area (Å²) in [6.07, 6.45) is 1.79. The zero-order chi connectivity index (χ0) is 21.3. The van der Waals surface area contributed by atoms with Gasteiger partial charge in [-0.05, 0) is 42.8 Å². The summed E-state index contributed by atoms with van der Waals surface area (Å²) in [5, 5.41) is 8.21. The van der Waals surface area contributed by atoms with Crippen LogP contribution in [0.25, 0.3) is 0 Å². The van der Waals surface area contributed by atoms with Crippen molar-refractivity contribution in [3.05, 3.63) is 52.2 Å². The summed E-state index contributed by atoms with van der Waals surface area (Å²) in [6.45, 7) is 8.91. The maximum absolute atomic E-state index is 12.5. The van der Waals surface area contributed by atoms with Crippen molar-refractivity contribution in [2.45, 2.75) is 32.7 Å². The SMILES string of the molecule is CCc1ccccc1NC(=O)C[NH+]1CC[NH+]([C@@H](C)C(=O)NCCc2cccs2)CC1. The van der Waals surface area contributed by atoms with E-state index in [9.17, 15) is 9.59 Å². The number of hydrogen-bond acceptors (Lipinski definition) is 3. The molecule has 1 aromatic heterocycles. The zero-order valence-electron chi connectivity index (χ0n) is 18.0. The predicted octanol–water partition coefficient (Wildman–Crippen LogP) is -0.220. The number of anilines is 1. The number of amides is 2. The molecule has 7 heteroatoms. The molecule has 2 amide bonds. The monoisotopic (exact) mass is 430 g/mol. The van der Waals surface area contributed by atoms with E-state index < -0.39 is 0 Å². The summed E-state index contributed by atoms with van der Waals surface area (Å²) >= 11 is 1.73. The Kier molecular flexibility index (Phi) is 8.42. The minimum absolute atomic E-state index is 0.0554. The Morgan fingerprint density at radius 1 is 1.10 bits per heavy atom. The van der Waals surface area contributed by atoms with Crippen LogP contribution < -0.4 is 20.4 Å². The first-order chi connectivity index (χ1) is 14.6. The maximum atomic E-state index is 12.5. The number of rotatable bonds is 9. The standard InChI is InChI=1S/C23H32N4O2S/c1-3-19-7-4-5-9-21(19)25-22(28)17-26-12-14-27(15-13-26)18(2)23(29)24-11-10-20-8-6-16-30-20/h4-9,16,18H,3,10-15,17H2,1-2H3,(H,24,29)(H,25,28)/p+2/t18-/m0/s1. The summed E-state index contributed by atoms with van der Waals surface area (Å²) in [6, 6.07) is 12.1. The third kappa shape index (κ3) is 6.39. The molecular weight excluding hydrogens is 396 g/mol. The highest BCUT2D eigenvalue weighted by atomic mass is 32.1. The van der Waals surface area contributed by atoms with E-state index in [2.05, 4.69) is 35.1 Å². The Hall–Kier alpha value is -2.22. The van der Waals surface area contributed by atoms with Gasteiger partial charge in [0.1, 0.15) is 26.2 Å². The average Bonchev–Trinajstić information content (AvgIpc) is 3.27. The largest absolute Gasteiger partial charge is 0.351 e. The number of thiophene rings is 1. The normalized spacial score (nSPS) is 19.8. The van der Waals surface area contributed by atoms with E-state index in [1.807, 2.05) is 31.2 Å². The fraction of sp³-hybridized carbons (Fsp3) is 0.478. The highest BCUT2D eigenvalue weighted by Crippen LogP contribution is 2.14. The molecule has 6 nitrogen and oxygen atoms in total. The van der Waals surface area contributed by atoms with E-state index in [4.69, 9.17) is 0 Å². The van der Waals surface area contributed by atoms with E-state index >= 15 is 0 Å². The number of benzene rings is 1. The number of hydrogen-bond donors (Lipinski definition) is 4. The van der Waals surface area contributed by atoms with Crippen molar-refractivity contribution in [2.24, 2.45) is 0 Å². The number of nitrogens with one attached hydrogen (secondary N) is 4. The van der Waals surface area contributed by atoms with Gasteiger partial charge in [0.15, 0.2) is 12.6 Å². The van der Waals surface area contributed by atoms with Gasteiger partial charge in [0, 0.05) is 17.1 Å². The Balaban J connectivity index is 1.38. The molecule has 1 aromatic carbocycles. The molecule has 4 N–H and O–H groups in total. The summed E-state index contributed by atoms with van der Waals surface area (Å²) in [5.41, 5.74) is 2.08. The van der Waals surface area contributed by atoms with Crippen LogP contribution in [0.3, 0.4) is 0 Å².